The molecule has 1 aliphatic rings. The topological polar surface area (TPSA) is 98.3 Å². The predicted molar refractivity (Wildman–Crippen MR) is 109 cm³/mol. The summed E-state index contributed by atoms with van der Waals surface area (Å²) in [6.07, 6.45) is 5.17. The van der Waals surface area contributed by atoms with Gasteiger partial charge in [-0.15, -0.1) is 11.3 Å². The van der Waals surface area contributed by atoms with Gasteiger partial charge < -0.3 is 9.47 Å². The highest BCUT2D eigenvalue weighted by Crippen LogP contribution is 2.36. The Hall–Kier alpha value is -3.96. The van der Waals surface area contributed by atoms with Crippen LogP contribution in [0.2, 0.25) is 0 Å². The molecule has 2 aromatic carbocycles. The van der Waals surface area contributed by atoms with E-state index in [1.54, 1.807) is 30.4 Å². The third-order valence-corrected chi connectivity index (χ3v) is 5.05. The molecule has 0 aliphatic carbocycles. The van der Waals surface area contributed by atoms with Gasteiger partial charge in [0.1, 0.15) is 11.1 Å². The van der Waals surface area contributed by atoms with E-state index < -0.39 is 4.92 Å². The first-order valence-corrected chi connectivity index (χ1v) is 9.41. The molecule has 0 fully saturated rings. The second kappa shape index (κ2) is 7.96. The highest BCUT2D eigenvalue weighted by Gasteiger charge is 2.15. The fraction of sp³-hybridized carbons (Fsp3) is 0.0476. The van der Waals surface area contributed by atoms with Crippen molar-refractivity contribution < 1.29 is 14.4 Å². The Labute approximate surface area is 169 Å². The summed E-state index contributed by atoms with van der Waals surface area (Å²) < 4.78 is 10.7. The molecule has 7 nitrogen and oxygen atoms in total. The summed E-state index contributed by atoms with van der Waals surface area (Å²) in [7, 11) is 0. The van der Waals surface area contributed by atoms with Crippen LogP contribution in [-0.4, -0.2) is 16.7 Å². The summed E-state index contributed by atoms with van der Waals surface area (Å²) in [6, 6.07) is 13.9. The zero-order valence-electron chi connectivity index (χ0n) is 14.9. The van der Waals surface area contributed by atoms with Crippen LogP contribution in [0.15, 0.2) is 60.0 Å². The summed E-state index contributed by atoms with van der Waals surface area (Å²) in [5, 5.41) is 22.7. The second-order valence-corrected chi connectivity index (χ2v) is 6.86. The van der Waals surface area contributed by atoms with Gasteiger partial charge in [0.25, 0.3) is 5.69 Å². The maximum absolute atomic E-state index is 10.7. The summed E-state index contributed by atoms with van der Waals surface area (Å²) in [5.74, 6) is 1.39. The zero-order chi connectivity index (χ0) is 20.2. The monoisotopic (exact) mass is 403 g/mol. The van der Waals surface area contributed by atoms with Crippen molar-refractivity contribution >= 4 is 28.7 Å². The Morgan fingerprint density at radius 3 is 2.76 bits per heavy atom. The van der Waals surface area contributed by atoms with Crippen molar-refractivity contribution in [1.29, 1.82) is 5.26 Å². The lowest BCUT2D eigenvalue weighted by Gasteiger charge is -1.99. The van der Waals surface area contributed by atoms with Crippen LogP contribution in [0, 0.1) is 21.4 Å². The third-order valence-electron chi connectivity index (χ3n) is 4.18. The van der Waals surface area contributed by atoms with Crippen molar-refractivity contribution in [3.05, 3.63) is 80.7 Å². The second-order valence-electron chi connectivity index (χ2n) is 6.01. The Balaban J connectivity index is 1.52. The van der Waals surface area contributed by atoms with Crippen molar-refractivity contribution in [3.8, 4) is 28.8 Å². The molecule has 0 saturated heterocycles. The van der Waals surface area contributed by atoms with Crippen LogP contribution < -0.4 is 9.47 Å². The molecule has 4 rings (SSSR count). The predicted octanol–water partition coefficient (Wildman–Crippen LogP) is 5.07. The molecule has 0 spiro atoms. The number of nitro groups is 1. The van der Waals surface area contributed by atoms with E-state index in [4.69, 9.17) is 9.47 Å². The average Bonchev–Trinajstić information content (AvgIpc) is 3.40. The molecule has 0 unspecified atom stereocenters. The van der Waals surface area contributed by atoms with Gasteiger partial charge in [0, 0.05) is 23.1 Å². The van der Waals surface area contributed by atoms with Crippen LogP contribution in [0.3, 0.4) is 0 Å². The number of benzene rings is 2. The van der Waals surface area contributed by atoms with E-state index in [2.05, 4.69) is 11.1 Å². The van der Waals surface area contributed by atoms with Gasteiger partial charge in [-0.05, 0) is 42.0 Å². The normalized spacial score (nSPS) is 12.9. The number of ether oxygens (including phenoxy) is 2. The van der Waals surface area contributed by atoms with E-state index in [1.165, 1.54) is 23.5 Å². The fourth-order valence-electron chi connectivity index (χ4n) is 2.70. The molecule has 29 heavy (non-hydrogen) atoms. The Bertz CT molecular complexity index is 1170. The maximum Gasteiger partial charge on any atom is 0.269 e. The SMILES string of the molecule is N#C/C(=C\C=C\c1ccc([N+](=O)[O-])cc1)c1nc(-c2ccc3c(c2)OCO3)cs1. The van der Waals surface area contributed by atoms with Crippen molar-refractivity contribution in [2.45, 2.75) is 0 Å². The molecule has 0 radical (unpaired) electrons. The molecular formula is C21H13N3O4S. The number of hydrogen-bond donors (Lipinski definition) is 0. The van der Waals surface area contributed by atoms with Gasteiger partial charge in [0.15, 0.2) is 11.5 Å². The number of nitriles is 1. The van der Waals surface area contributed by atoms with Crippen LogP contribution in [0.1, 0.15) is 10.6 Å². The largest absolute Gasteiger partial charge is 0.454 e. The lowest BCUT2D eigenvalue weighted by Crippen LogP contribution is -1.92. The minimum atomic E-state index is -0.443. The number of rotatable bonds is 5. The van der Waals surface area contributed by atoms with Crippen LogP contribution in [0.5, 0.6) is 11.5 Å². The Morgan fingerprint density at radius 2 is 2.00 bits per heavy atom. The number of hydrogen-bond acceptors (Lipinski definition) is 7. The van der Waals surface area contributed by atoms with E-state index in [-0.39, 0.29) is 12.5 Å². The molecule has 0 saturated carbocycles. The zero-order valence-corrected chi connectivity index (χ0v) is 15.8. The first-order chi connectivity index (χ1) is 14.1. The molecular weight excluding hydrogens is 390 g/mol. The summed E-state index contributed by atoms with van der Waals surface area (Å²) in [6.45, 7) is 0.212. The number of thiazole rings is 1. The molecule has 2 heterocycles. The van der Waals surface area contributed by atoms with Crippen molar-refractivity contribution in [3.63, 3.8) is 0 Å². The highest BCUT2D eigenvalue weighted by atomic mass is 32.1. The molecule has 1 aliphatic heterocycles. The number of fused-ring (bicyclic) bond motifs is 1. The molecule has 0 bridgehead atoms. The number of non-ortho nitro benzene ring substituents is 1. The van der Waals surface area contributed by atoms with Crippen molar-refractivity contribution in [1.82, 2.24) is 4.98 Å². The number of allylic oxidation sites excluding steroid dienone is 3. The Kier molecular flexibility index (Phi) is 5.05. The van der Waals surface area contributed by atoms with E-state index in [0.29, 0.717) is 22.1 Å². The average molecular weight is 403 g/mol. The van der Waals surface area contributed by atoms with Crippen LogP contribution in [0.4, 0.5) is 5.69 Å². The fourth-order valence-corrected chi connectivity index (χ4v) is 3.51. The standard InChI is InChI=1S/C21H13N3O4S/c22-11-16(3-1-2-14-4-7-17(8-5-14)24(25)26)21-23-18(12-29-21)15-6-9-19-20(10-15)28-13-27-19/h1-10,12H,13H2/b2-1+,16-3+. The molecule has 0 N–H and O–H groups in total. The molecule has 0 amide bonds. The van der Waals surface area contributed by atoms with Crippen LogP contribution in [0.25, 0.3) is 22.9 Å². The van der Waals surface area contributed by atoms with E-state index in [0.717, 1.165) is 16.8 Å². The number of nitro benzene ring substituents is 1. The summed E-state index contributed by atoms with van der Waals surface area (Å²) in [5.41, 5.74) is 2.90. The molecule has 8 heteroatoms. The lowest BCUT2D eigenvalue weighted by molar-refractivity contribution is -0.384. The van der Waals surface area contributed by atoms with Gasteiger partial charge in [0.05, 0.1) is 16.2 Å². The maximum atomic E-state index is 10.7. The van der Waals surface area contributed by atoms with E-state index in [9.17, 15) is 15.4 Å². The molecule has 142 valence electrons. The van der Waals surface area contributed by atoms with Gasteiger partial charge in [0.2, 0.25) is 6.79 Å². The van der Waals surface area contributed by atoms with Crippen molar-refractivity contribution in [2.75, 3.05) is 6.79 Å². The molecule has 1 aromatic heterocycles. The van der Waals surface area contributed by atoms with Gasteiger partial charge >= 0.3 is 0 Å². The van der Waals surface area contributed by atoms with Gasteiger partial charge in [-0.2, -0.15) is 5.26 Å². The Morgan fingerprint density at radius 1 is 1.21 bits per heavy atom. The first-order valence-electron chi connectivity index (χ1n) is 8.53. The van der Waals surface area contributed by atoms with Crippen molar-refractivity contribution in [2.24, 2.45) is 0 Å². The van der Waals surface area contributed by atoms with E-state index >= 15 is 0 Å². The van der Waals surface area contributed by atoms with Gasteiger partial charge in [-0.25, -0.2) is 4.98 Å². The minimum absolute atomic E-state index is 0.0363. The summed E-state index contributed by atoms with van der Waals surface area (Å²) in [4.78, 5) is 14.8. The quantitative estimate of drug-likeness (QED) is 0.255. The van der Waals surface area contributed by atoms with Crippen LogP contribution >= 0.6 is 11.3 Å². The molecule has 3 aromatic rings. The first kappa shape index (κ1) is 18.4. The number of nitrogens with zero attached hydrogens (tertiary/aromatic N) is 3. The lowest BCUT2D eigenvalue weighted by atomic mass is 10.1. The molecule has 0 atom stereocenters. The highest BCUT2D eigenvalue weighted by molar-refractivity contribution is 7.11. The van der Waals surface area contributed by atoms with E-state index in [1.807, 2.05) is 23.6 Å². The minimum Gasteiger partial charge on any atom is -0.454 e. The van der Waals surface area contributed by atoms with Gasteiger partial charge in [-0.1, -0.05) is 12.2 Å². The number of aromatic nitrogens is 1. The van der Waals surface area contributed by atoms with Crippen LogP contribution in [-0.2, 0) is 0 Å². The summed E-state index contributed by atoms with van der Waals surface area (Å²) >= 11 is 1.38. The van der Waals surface area contributed by atoms with Gasteiger partial charge in [-0.3, -0.25) is 10.1 Å². The third kappa shape index (κ3) is 4.00. The smallest absolute Gasteiger partial charge is 0.269 e.